The zero-order chi connectivity index (χ0) is 11.5. The van der Waals surface area contributed by atoms with Gasteiger partial charge in [0.1, 0.15) is 6.04 Å². The highest BCUT2D eigenvalue weighted by molar-refractivity contribution is 5.88. The lowest BCUT2D eigenvalue weighted by molar-refractivity contribution is -0.123. The minimum Gasteiger partial charge on any atom is -0.453 e. The molecule has 0 spiro atoms. The highest BCUT2D eigenvalue weighted by Crippen LogP contribution is 2.22. The van der Waals surface area contributed by atoms with E-state index in [4.69, 9.17) is 0 Å². The van der Waals surface area contributed by atoms with Crippen molar-refractivity contribution in [2.75, 3.05) is 7.11 Å². The van der Waals surface area contributed by atoms with Crippen LogP contribution in [0, 0.1) is 0 Å². The van der Waals surface area contributed by atoms with Gasteiger partial charge in [-0.1, -0.05) is 24.3 Å². The molecule has 2 rings (SSSR count). The summed E-state index contributed by atoms with van der Waals surface area (Å²) in [5, 5.41) is 5.21. The lowest BCUT2D eigenvalue weighted by Crippen LogP contribution is -2.43. The summed E-state index contributed by atoms with van der Waals surface area (Å²) in [6, 6.07) is 6.81. The number of hydrogen-bond donors (Lipinski definition) is 2. The molecule has 5 nitrogen and oxygen atoms in total. The molecule has 0 aromatic heterocycles. The molecule has 2 amide bonds. The fourth-order valence-corrected chi connectivity index (χ4v) is 1.72. The zero-order valence-electron chi connectivity index (χ0n) is 8.82. The summed E-state index contributed by atoms with van der Waals surface area (Å²) in [7, 11) is 1.27. The van der Waals surface area contributed by atoms with Gasteiger partial charge in [0, 0.05) is 6.54 Å². The lowest BCUT2D eigenvalue weighted by Gasteiger charge is -2.25. The van der Waals surface area contributed by atoms with Crippen LogP contribution in [0.5, 0.6) is 0 Å². The van der Waals surface area contributed by atoms with Crippen molar-refractivity contribution in [3.05, 3.63) is 35.4 Å². The topological polar surface area (TPSA) is 67.4 Å². The molecule has 1 aliphatic rings. The third-order valence-electron chi connectivity index (χ3n) is 2.53. The molecule has 1 aliphatic heterocycles. The maximum atomic E-state index is 11.6. The van der Waals surface area contributed by atoms with Crippen molar-refractivity contribution in [1.29, 1.82) is 0 Å². The maximum absolute atomic E-state index is 11.6. The van der Waals surface area contributed by atoms with Gasteiger partial charge >= 0.3 is 6.09 Å². The minimum absolute atomic E-state index is 0.218. The van der Waals surface area contributed by atoms with Crippen molar-refractivity contribution in [1.82, 2.24) is 10.6 Å². The molecule has 1 heterocycles. The first-order valence-corrected chi connectivity index (χ1v) is 4.92. The van der Waals surface area contributed by atoms with Crippen LogP contribution >= 0.6 is 0 Å². The zero-order valence-corrected chi connectivity index (χ0v) is 8.82. The molecule has 84 valence electrons. The highest BCUT2D eigenvalue weighted by Gasteiger charge is 2.28. The van der Waals surface area contributed by atoms with E-state index in [1.165, 1.54) is 7.11 Å². The summed E-state index contributed by atoms with van der Waals surface area (Å²) in [5.41, 5.74) is 1.82. The van der Waals surface area contributed by atoms with Gasteiger partial charge in [-0.2, -0.15) is 0 Å². The summed E-state index contributed by atoms with van der Waals surface area (Å²) in [6.45, 7) is 0.494. The Morgan fingerprint density at radius 3 is 3.00 bits per heavy atom. The molecule has 1 aromatic carbocycles. The number of carbonyl (C=O) groups excluding carboxylic acids is 2. The van der Waals surface area contributed by atoms with E-state index < -0.39 is 12.1 Å². The Morgan fingerprint density at radius 2 is 2.25 bits per heavy atom. The van der Waals surface area contributed by atoms with E-state index in [0.717, 1.165) is 11.1 Å². The molecule has 1 atom stereocenters. The Bertz CT molecular complexity index is 431. The van der Waals surface area contributed by atoms with Gasteiger partial charge in [-0.15, -0.1) is 0 Å². The van der Waals surface area contributed by atoms with Crippen molar-refractivity contribution in [2.24, 2.45) is 0 Å². The summed E-state index contributed by atoms with van der Waals surface area (Å²) >= 11 is 0. The quantitative estimate of drug-likeness (QED) is 0.732. The number of methoxy groups -OCH3 is 1. The van der Waals surface area contributed by atoms with E-state index >= 15 is 0 Å². The molecule has 1 aromatic rings. The fourth-order valence-electron chi connectivity index (χ4n) is 1.72. The number of rotatable bonds is 1. The summed E-state index contributed by atoms with van der Waals surface area (Å²) in [4.78, 5) is 22.7. The number of amides is 2. The molecular weight excluding hydrogens is 208 g/mol. The van der Waals surface area contributed by atoms with Crippen LogP contribution in [0.2, 0.25) is 0 Å². The molecular formula is C11H12N2O3. The average Bonchev–Trinajstić information content (AvgIpc) is 2.32. The molecule has 0 saturated carbocycles. The van der Waals surface area contributed by atoms with Crippen molar-refractivity contribution in [3.8, 4) is 0 Å². The number of fused-ring (bicyclic) bond motifs is 1. The minimum atomic E-state index is -0.669. The number of hydrogen-bond acceptors (Lipinski definition) is 3. The number of benzene rings is 1. The van der Waals surface area contributed by atoms with Crippen LogP contribution in [0.15, 0.2) is 24.3 Å². The summed E-state index contributed by atoms with van der Waals surface area (Å²) < 4.78 is 4.49. The molecule has 2 N–H and O–H groups in total. The van der Waals surface area contributed by atoms with Crippen LogP contribution in [-0.2, 0) is 16.1 Å². The summed E-state index contributed by atoms with van der Waals surface area (Å²) in [5.74, 6) is -0.218. The van der Waals surface area contributed by atoms with Crippen molar-refractivity contribution >= 4 is 12.0 Å². The van der Waals surface area contributed by atoms with Crippen LogP contribution in [-0.4, -0.2) is 19.1 Å². The molecule has 0 bridgehead atoms. The Kier molecular flexibility index (Phi) is 2.76. The van der Waals surface area contributed by atoms with E-state index in [0.29, 0.717) is 6.54 Å². The van der Waals surface area contributed by atoms with Crippen molar-refractivity contribution < 1.29 is 14.3 Å². The molecule has 0 unspecified atom stereocenters. The molecule has 0 fully saturated rings. The van der Waals surface area contributed by atoms with Crippen LogP contribution in [0.4, 0.5) is 4.79 Å². The van der Waals surface area contributed by atoms with Crippen LogP contribution in [0.1, 0.15) is 17.2 Å². The van der Waals surface area contributed by atoms with Crippen molar-refractivity contribution in [3.63, 3.8) is 0 Å². The first-order valence-electron chi connectivity index (χ1n) is 4.92. The van der Waals surface area contributed by atoms with Gasteiger partial charge in [-0.3, -0.25) is 4.79 Å². The van der Waals surface area contributed by atoms with E-state index in [1.54, 1.807) is 0 Å². The van der Waals surface area contributed by atoms with Crippen LogP contribution < -0.4 is 10.6 Å². The summed E-state index contributed by atoms with van der Waals surface area (Å²) in [6.07, 6.45) is -0.614. The second kappa shape index (κ2) is 4.22. The SMILES string of the molecule is COC(=O)N[C@H]1C(=O)NCc2ccccc21. The van der Waals surface area contributed by atoms with Crippen LogP contribution in [0.25, 0.3) is 0 Å². The Balaban J connectivity index is 2.29. The second-order valence-corrected chi connectivity index (χ2v) is 3.49. The number of ether oxygens (including phenoxy) is 1. The third kappa shape index (κ3) is 1.84. The smallest absolute Gasteiger partial charge is 0.407 e. The molecule has 16 heavy (non-hydrogen) atoms. The van der Waals surface area contributed by atoms with Gasteiger partial charge in [0.15, 0.2) is 0 Å². The van der Waals surface area contributed by atoms with Gasteiger partial charge in [-0.05, 0) is 11.1 Å². The van der Waals surface area contributed by atoms with Gasteiger partial charge in [-0.25, -0.2) is 4.79 Å². The van der Waals surface area contributed by atoms with Gasteiger partial charge in [0.2, 0.25) is 5.91 Å². The second-order valence-electron chi connectivity index (χ2n) is 3.49. The maximum Gasteiger partial charge on any atom is 0.407 e. The normalized spacial score (nSPS) is 18.3. The standard InChI is InChI=1S/C11H12N2O3/c1-16-11(15)13-9-8-5-3-2-4-7(8)6-12-10(9)14/h2-5,9H,6H2,1H3,(H,12,14)(H,13,15)/t9-/m1/s1. The van der Waals surface area contributed by atoms with E-state index in [2.05, 4.69) is 15.4 Å². The predicted octanol–water partition coefficient (Wildman–Crippen LogP) is 0.713. The Labute approximate surface area is 92.8 Å². The van der Waals surface area contributed by atoms with Gasteiger partial charge < -0.3 is 15.4 Å². The lowest BCUT2D eigenvalue weighted by atomic mass is 9.96. The first-order chi connectivity index (χ1) is 7.72. The Hall–Kier alpha value is -2.04. The van der Waals surface area contributed by atoms with E-state index in [9.17, 15) is 9.59 Å². The van der Waals surface area contributed by atoms with Crippen LogP contribution in [0.3, 0.4) is 0 Å². The monoisotopic (exact) mass is 220 g/mol. The first kappa shape index (κ1) is 10.5. The number of nitrogens with one attached hydrogen (secondary N) is 2. The van der Waals surface area contributed by atoms with Gasteiger partial charge in [0.05, 0.1) is 7.11 Å². The highest BCUT2D eigenvalue weighted by atomic mass is 16.5. The molecule has 0 saturated heterocycles. The molecule has 0 aliphatic carbocycles. The van der Waals surface area contributed by atoms with Crippen molar-refractivity contribution in [2.45, 2.75) is 12.6 Å². The fraction of sp³-hybridized carbons (Fsp3) is 0.273. The molecule has 0 radical (unpaired) electrons. The van der Waals surface area contributed by atoms with Gasteiger partial charge in [0.25, 0.3) is 0 Å². The molecule has 5 heteroatoms. The number of carbonyl (C=O) groups is 2. The predicted molar refractivity (Wildman–Crippen MR) is 56.6 cm³/mol. The largest absolute Gasteiger partial charge is 0.453 e. The number of alkyl carbamates (subject to hydrolysis) is 1. The third-order valence-corrected chi connectivity index (χ3v) is 2.53. The Morgan fingerprint density at radius 1 is 1.50 bits per heavy atom. The van der Waals surface area contributed by atoms with E-state index in [1.807, 2.05) is 24.3 Å². The van der Waals surface area contributed by atoms with E-state index in [-0.39, 0.29) is 5.91 Å². The average molecular weight is 220 g/mol.